The number of nitrogens with one attached hydrogen (secondary N) is 1. The largest absolute Gasteiger partial charge is 0.507 e. The molecule has 3 aromatic carbocycles. The van der Waals surface area contributed by atoms with Crippen LogP contribution in [-0.2, 0) is 6.18 Å². The predicted octanol–water partition coefficient (Wildman–Crippen LogP) is 7.39. The van der Waals surface area contributed by atoms with Gasteiger partial charge >= 0.3 is 12.1 Å². The molecular formula is C23H15F3N4O3S. The van der Waals surface area contributed by atoms with Crippen molar-refractivity contribution in [1.29, 1.82) is 0 Å². The Kier molecular flexibility index (Phi) is 6.28. The molecule has 0 unspecified atom stereocenters. The summed E-state index contributed by atoms with van der Waals surface area (Å²) in [5.41, 5.74) is 1.26. The number of phenols is 1. The minimum Gasteiger partial charge on any atom is -0.507 e. The minimum absolute atomic E-state index is 0.252. The average molecular weight is 484 g/mol. The molecule has 0 aliphatic heterocycles. The summed E-state index contributed by atoms with van der Waals surface area (Å²) in [4.78, 5) is 15.6. The highest BCUT2D eigenvalue weighted by molar-refractivity contribution is 7.14. The second kappa shape index (κ2) is 9.32. The first-order valence-corrected chi connectivity index (χ1v) is 10.6. The Hall–Kier alpha value is -4.25. The van der Waals surface area contributed by atoms with Crippen molar-refractivity contribution in [1.82, 2.24) is 4.98 Å². The lowest BCUT2D eigenvalue weighted by Crippen LogP contribution is -2.05. The van der Waals surface area contributed by atoms with E-state index in [0.29, 0.717) is 22.1 Å². The van der Waals surface area contributed by atoms with Crippen LogP contribution >= 0.6 is 11.3 Å². The van der Waals surface area contributed by atoms with Crippen molar-refractivity contribution >= 4 is 39.5 Å². The number of nitrogens with zero attached hydrogens (tertiary/aromatic N) is 3. The van der Waals surface area contributed by atoms with Crippen molar-refractivity contribution in [3.05, 3.63) is 83.2 Å². The molecule has 1 aromatic heterocycles. The molecule has 4 aromatic rings. The van der Waals surface area contributed by atoms with Gasteiger partial charge in [0.05, 0.1) is 22.6 Å². The molecule has 1 heterocycles. The van der Waals surface area contributed by atoms with Gasteiger partial charge in [-0.05, 0) is 48.5 Å². The second-order valence-electron chi connectivity index (χ2n) is 7.00. The Balaban J connectivity index is 1.51. The predicted molar refractivity (Wildman–Crippen MR) is 122 cm³/mol. The van der Waals surface area contributed by atoms with Crippen LogP contribution in [0.3, 0.4) is 0 Å². The topological polar surface area (TPSA) is 107 Å². The number of rotatable bonds is 6. The van der Waals surface area contributed by atoms with E-state index in [-0.39, 0.29) is 22.7 Å². The van der Waals surface area contributed by atoms with E-state index in [1.807, 2.05) is 0 Å². The molecule has 11 heteroatoms. The van der Waals surface area contributed by atoms with Crippen LogP contribution in [0.4, 0.5) is 35.4 Å². The number of hydrogen-bond acceptors (Lipinski definition) is 7. The number of halogens is 3. The van der Waals surface area contributed by atoms with Crippen LogP contribution in [0.5, 0.6) is 5.75 Å². The zero-order chi connectivity index (χ0) is 24.3. The van der Waals surface area contributed by atoms with Gasteiger partial charge in [0, 0.05) is 16.6 Å². The molecule has 0 spiro atoms. The Bertz CT molecular complexity index is 1390. The maximum Gasteiger partial charge on any atom is 0.416 e. The summed E-state index contributed by atoms with van der Waals surface area (Å²) in [6, 6.07) is 15.7. The molecule has 0 atom stereocenters. The van der Waals surface area contributed by atoms with Gasteiger partial charge in [-0.2, -0.15) is 23.4 Å². The summed E-state index contributed by atoms with van der Waals surface area (Å²) in [7, 11) is 0. The zero-order valence-electron chi connectivity index (χ0n) is 17.1. The molecule has 172 valence electrons. The highest BCUT2D eigenvalue weighted by atomic mass is 32.1. The average Bonchev–Trinajstić information content (AvgIpc) is 3.27. The lowest BCUT2D eigenvalue weighted by atomic mass is 10.1. The van der Waals surface area contributed by atoms with Crippen LogP contribution in [0.2, 0.25) is 0 Å². The molecule has 3 N–H and O–H groups in total. The Morgan fingerprint density at radius 3 is 2.44 bits per heavy atom. The van der Waals surface area contributed by atoms with E-state index in [2.05, 4.69) is 20.5 Å². The highest BCUT2D eigenvalue weighted by Crippen LogP contribution is 2.33. The van der Waals surface area contributed by atoms with Crippen LogP contribution in [0, 0.1) is 0 Å². The fourth-order valence-corrected chi connectivity index (χ4v) is 3.70. The van der Waals surface area contributed by atoms with Gasteiger partial charge in [-0.1, -0.05) is 18.2 Å². The number of azo groups is 1. The molecule has 0 aliphatic carbocycles. The normalized spacial score (nSPS) is 11.6. The van der Waals surface area contributed by atoms with E-state index < -0.39 is 17.7 Å². The van der Waals surface area contributed by atoms with E-state index in [1.54, 1.807) is 29.6 Å². The van der Waals surface area contributed by atoms with Crippen molar-refractivity contribution in [2.24, 2.45) is 10.2 Å². The van der Waals surface area contributed by atoms with Gasteiger partial charge in [-0.3, -0.25) is 0 Å². The van der Waals surface area contributed by atoms with Gasteiger partial charge in [0.25, 0.3) is 0 Å². The molecule has 4 rings (SSSR count). The molecule has 0 amide bonds. The monoisotopic (exact) mass is 484 g/mol. The van der Waals surface area contributed by atoms with E-state index >= 15 is 0 Å². The molecule has 0 bridgehead atoms. The third-order valence-electron chi connectivity index (χ3n) is 4.58. The lowest BCUT2D eigenvalue weighted by Gasteiger charge is -2.08. The van der Waals surface area contributed by atoms with Gasteiger partial charge < -0.3 is 15.5 Å². The quantitative estimate of drug-likeness (QED) is 0.247. The highest BCUT2D eigenvalue weighted by Gasteiger charge is 2.30. The Labute approximate surface area is 194 Å². The first-order chi connectivity index (χ1) is 16.2. The molecule has 0 aliphatic rings. The first kappa shape index (κ1) is 22.9. The van der Waals surface area contributed by atoms with Crippen molar-refractivity contribution in [3.63, 3.8) is 0 Å². The summed E-state index contributed by atoms with van der Waals surface area (Å²) >= 11 is 1.24. The van der Waals surface area contributed by atoms with Crippen LogP contribution in [0.15, 0.2) is 82.3 Å². The van der Waals surface area contributed by atoms with E-state index in [4.69, 9.17) is 5.11 Å². The first-order valence-electron chi connectivity index (χ1n) is 9.67. The van der Waals surface area contributed by atoms with Crippen LogP contribution < -0.4 is 5.32 Å². The smallest absolute Gasteiger partial charge is 0.416 e. The van der Waals surface area contributed by atoms with Crippen molar-refractivity contribution in [2.45, 2.75) is 6.18 Å². The maximum absolute atomic E-state index is 12.9. The molecule has 7 nitrogen and oxygen atoms in total. The molecule has 0 radical (unpaired) electrons. The molecular weight excluding hydrogens is 469 g/mol. The number of thiazole rings is 1. The van der Waals surface area contributed by atoms with Gasteiger partial charge in [-0.25, -0.2) is 9.78 Å². The number of aromatic nitrogens is 1. The third kappa shape index (κ3) is 5.38. The van der Waals surface area contributed by atoms with E-state index in [9.17, 15) is 23.1 Å². The van der Waals surface area contributed by atoms with Gasteiger partial charge in [0.2, 0.25) is 0 Å². The van der Waals surface area contributed by atoms with Crippen molar-refractivity contribution < 1.29 is 28.2 Å². The van der Waals surface area contributed by atoms with Gasteiger partial charge in [0.1, 0.15) is 11.3 Å². The fraction of sp³-hybridized carbons (Fsp3) is 0.0435. The summed E-state index contributed by atoms with van der Waals surface area (Å²) in [5, 5.41) is 31.9. The second-order valence-corrected chi connectivity index (χ2v) is 7.86. The van der Waals surface area contributed by atoms with Crippen molar-refractivity contribution in [3.8, 4) is 17.0 Å². The molecule has 0 fully saturated rings. The number of anilines is 2. The Morgan fingerprint density at radius 2 is 1.71 bits per heavy atom. The van der Waals surface area contributed by atoms with Crippen LogP contribution in [0.25, 0.3) is 11.3 Å². The number of benzene rings is 3. The number of alkyl halides is 3. The summed E-state index contributed by atoms with van der Waals surface area (Å²) < 4.78 is 38.8. The maximum atomic E-state index is 12.9. The zero-order valence-corrected chi connectivity index (χ0v) is 17.9. The van der Waals surface area contributed by atoms with Crippen molar-refractivity contribution in [2.75, 3.05) is 5.32 Å². The van der Waals surface area contributed by atoms with Gasteiger partial charge in [0.15, 0.2) is 5.13 Å². The summed E-state index contributed by atoms with van der Waals surface area (Å²) in [6.07, 6.45) is -4.43. The van der Waals surface area contributed by atoms with E-state index in [0.717, 1.165) is 12.1 Å². The molecule has 0 saturated heterocycles. The number of carboxylic acids is 1. The lowest BCUT2D eigenvalue weighted by molar-refractivity contribution is -0.137. The number of carboxylic acid groups (broad SMARTS) is 1. The standard InChI is InChI=1S/C23H15F3N4O3S/c24-23(25,26)14-4-2-5-15(10-14)27-22-28-19(12-34-22)13-3-1-6-16(9-13)29-30-17-7-8-20(31)18(11-17)21(32)33/h1-12,31H,(H,27,28)(H,32,33)/b30-29+. The van der Waals surface area contributed by atoms with E-state index in [1.165, 1.54) is 41.7 Å². The number of aromatic hydroxyl groups is 1. The SMILES string of the molecule is O=C(O)c1cc(/N=N/c2cccc(-c3csc(Nc4cccc(C(F)(F)F)c4)n3)c2)ccc1O. The fourth-order valence-electron chi connectivity index (χ4n) is 2.96. The number of hydrogen-bond donors (Lipinski definition) is 3. The number of carbonyl (C=O) groups is 1. The molecule has 34 heavy (non-hydrogen) atoms. The number of aromatic carboxylic acids is 1. The summed E-state index contributed by atoms with van der Waals surface area (Å²) in [6.45, 7) is 0. The van der Waals surface area contributed by atoms with Crippen LogP contribution in [-0.4, -0.2) is 21.2 Å². The summed E-state index contributed by atoms with van der Waals surface area (Å²) in [5.74, 6) is -1.65. The molecule has 0 saturated carbocycles. The van der Waals surface area contributed by atoms with Crippen LogP contribution in [0.1, 0.15) is 15.9 Å². The third-order valence-corrected chi connectivity index (χ3v) is 5.34. The minimum atomic E-state index is -4.43. The van der Waals surface area contributed by atoms with Gasteiger partial charge in [-0.15, -0.1) is 11.3 Å². The Morgan fingerprint density at radius 1 is 0.971 bits per heavy atom.